The number of carbonyl (C=O) groups is 1. The van der Waals surface area contributed by atoms with Crippen molar-refractivity contribution in [2.24, 2.45) is 0 Å². The van der Waals surface area contributed by atoms with E-state index in [2.05, 4.69) is 10.6 Å². The van der Waals surface area contributed by atoms with Gasteiger partial charge in [0.05, 0.1) is 30.4 Å². The molecule has 0 bridgehead atoms. The van der Waals surface area contributed by atoms with Crippen molar-refractivity contribution in [3.8, 4) is 23.1 Å². The van der Waals surface area contributed by atoms with Gasteiger partial charge >= 0.3 is 0 Å². The number of para-hydroxylation sites is 1. The molecule has 1 amide bonds. The summed E-state index contributed by atoms with van der Waals surface area (Å²) < 4.78 is 16.6. The van der Waals surface area contributed by atoms with Crippen molar-refractivity contribution in [3.05, 3.63) is 48.5 Å². The van der Waals surface area contributed by atoms with Crippen LogP contribution in [0, 0.1) is 0 Å². The zero-order valence-corrected chi connectivity index (χ0v) is 16.4. The van der Waals surface area contributed by atoms with Crippen LogP contribution in [0.2, 0.25) is 0 Å². The number of nitrogens with zero attached hydrogens (tertiary/aromatic N) is 2. The molecule has 2 aromatic carbocycles. The zero-order chi connectivity index (χ0) is 20.1. The van der Waals surface area contributed by atoms with E-state index >= 15 is 0 Å². The molecule has 1 atom stereocenters. The van der Waals surface area contributed by atoms with Gasteiger partial charge in [0.2, 0.25) is 11.6 Å². The number of ether oxygens (including phenoxy) is 2. The van der Waals surface area contributed by atoms with E-state index < -0.39 is 11.2 Å². The van der Waals surface area contributed by atoms with E-state index in [4.69, 9.17) is 14.0 Å². The standard InChI is InChI=1S/C19H19N3O5S/c1-12(17(23)20-15-10-9-14(25-2)11-16(15)26-3)28-18-19(24)27-21-22(18)13-7-5-4-6-8-13/h4-12H,1-3H3,(H-,20,21,23,24). The first-order valence-corrected chi connectivity index (χ1v) is 9.25. The third kappa shape index (κ3) is 4.20. The third-order valence-electron chi connectivity index (χ3n) is 3.90. The second kappa shape index (κ2) is 8.66. The summed E-state index contributed by atoms with van der Waals surface area (Å²) in [5, 5.41) is 18.3. The Morgan fingerprint density at radius 1 is 1.21 bits per heavy atom. The average Bonchev–Trinajstić information content (AvgIpc) is 3.09. The summed E-state index contributed by atoms with van der Waals surface area (Å²) in [5.41, 5.74) is 1.17. The number of aromatic nitrogens is 2. The van der Waals surface area contributed by atoms with Crippen LogP contribution in [0.4, 0.5) is 5.69 Å². The molecule has 1 aromatic heterocycles. The van der Waals surface area contributed by atoms with Gasteiger partial charge in [-0.3, -0.25) is 4.79 Å². The molecule has 1 unspecified atom stereocenters. The average molecular weight is 401 g/mol. The first-order chi connectivity index (χ1) is 13.5. The highest BCUT2D eigenvalue weighted by Gasteiger charge is 2.27. The number of nitrogens with one attached hydrogen (secondary N) is 1. The molecular formula is C19H19N3O5S. The highest BCUT2D eigenvalue weighted by Crippen LogP contribution is 2.31. The lowest BCUT2D eigenvalue weighted by Crippen LogP contribution is -2.36. The lowest BCUT2D eigenvalue weighted by atomic mass is 10.2. The number of methoxy groups -OCH3 is 2. The van der Waals surface area contributed by atoms with E-state index in [1.54, 1.807) is 44.4 Å². The maximum absolute atomic E-state index is 12.6. The van der Waals surface area contributed by atoms with Crippen molar-refractivity contribution >= 4 is 23.4 Å². The topological polar surface area (TPSA) is 101 Å². The van der Waals surface area contributed by atoms with Crippen LogP contribution in [0.15, 0.2) is 58.1 Å². The molecule has 8 nitrogen and oxygen atoms in total. The third-order valence-corrected chi connectivity index (χ3v) is 5.03. The fourth-order valence-corrected chi connectivity index (χ4v) is 3.30. The Hall–Kier alpha value is -3.20. The number of hydrogen-bond donors (Lipinski definition) is 1. The van der Waals surface area contributed by atoms with Crippen LogP contribution in [-0.4, -0.2) is 30.6 Å². The number of thioether (sulfide) groups is 1. The predicted octanol–water partition coefficient (Wildman–Crippen LogP) is 2.16. The van der Waals surface area contributed by atoms with Crippen molar-refractivity contribution in [2.45, 2.75) is 17.2 Å². The fraction of sp³-hybridized carbons (Fsp3) is 0.211. The molecule has 0 aliphatic rings. The van der Waals surface area contributed by atoms with Gasteiger partial charge in [0.1, 0.15) is 11.5 Å². The van der Waals surface area contributed by atoms with E-state index in [9.17, 15) is 9.90 Å². The van der Waals surface area contributed by atoms with Crippen LogP contribution in [0.5, 0.6) is 17.4 Å². The van der Waals surface area contributed by atoms with Crippen LogP contribution in [0.1, 0.15) is 6.92 Å². The SMILES string of the molecule is COc1ccc(NC(=O)C(C)Sc2c([O-])on[n+]2-c2ccccc2)c(OC)c1. The van der Waals surface area contributed by atoms with Crippen LogP contribution >= 0.6 is 11.8 Å². The lowest BCUT2D eigenvalue weighted by Gasteiger charge is -2.14. The Morgan fingerprint density at radius 2 is 1.96 bits per heavy atom. The number of carbonyl (C=O) groups excluding carboxylic acids is 1. The van der Waals surface area contributed by atoms with Gasteiger partial charge in [0.25, 0.3) is 5.03 Å². The Kier molecular flexibility index (Phi) is 6.05. The number of hydrogen-bond acceptors (Lipinski definition) is 7. The molecular weight excluding hydrogens is 382 g/mol. The molecule has 9 heteroatoms. The second-order valence-corrected chi connectivity index (χ2v) is 7.06. The predicted molar refractivity (Wildman–Crippen MR) is 101 cm³/mol. The van der Waals surface area contributed by atoms with Crippen LogP contribution in [0.3, 0.4) is 0 Å². The van der Waals surface area contributed by atoms with Gasteiger partial charge < -0.3 is 24.4 Å². The van der Waals surface area contributed by atoms with Gasteiger partial charge in [-0.1, -0.05) is 18.2 Å². The summed E-state index contributed by atoms with van der Waals surface area (Å²) in [6, 6.07) is 14.2. The molecule has 3 aromatic rings. The first kappa shape index (κ1) is 19.6. The van der Waals surface area contributed by atoms with Crippen molar-refractivity contribution in [1.29, 1.82) is 0 Å². The van der Waals surface area contributed by atoms with E-state index in [1.807, 2.05) is 18.2 Å². The molecule has 1 heterocycles. The summed E-state index contributed by atoms with van der Waals surface area (Å²) in [5.74, 6) is 0.185. The first-order valence-electron chi connectivity index (χ1n) is 8.37. The monoisotopic (exact) mass is 401 g/mol. The fourth-order valence-electron chi connectivity index (χ4n) is 2.43. The lowest BCUT2D eigenvalue weighted by molar-refractivity contribution is -0.705. The quantitative estimate of drug-likeness (QED) is 0.478. The molecule has 0 saturated heterocycles. The van der Waals surface area contributed by atoms with Crippen molar-refractivity contribution < 1.29 is 28.6 Å². The molecule has 0 fully saturated rings. The Balaban J connectivity index is 1.76. The number of amides is 1. The van der Waals surface area contributed by atoms with E-state index in [0.717, 1.165) is 11.8 Å². The summed E-state index contributed by atoms with van der Waals surface area (Å²) in [7, 11) is 3.05. The Labute approximate surface area is 166 Å². The molecule has 0 aliphatic heterocycles. The molecule has 3 rings (SSSR count). The van der Waals surface area contributed by atoms with Gasteiger partial charge in [0.15, 0.2) is 5.95 Å². The molecule has 0 aliphatic carbocycles. The minimum absolute atomic E-state index is 0.218. The minimum Gasteiger partial charge on any atom is -0.538 e. The molecule has 28 heavy (non-hydrogen) atoms. The highest BCUT2D eigenvalue weighted by atomic mass is 32.2. The summed E-state index contributed by atoms with van der Waals surface area (Å²) in [4.78, 5) is 12.6. The Morgan fingerprint density at radius 3 is 2.64 bits per heavy atom. The van der Waals surface area contributed by atoms with Crippen molar-refractivity contribution in [1.82, 2.24) is 5.27 Å². The molecule has 0 spiro atoms. The maximum atomic E-state index is 12.6. The van der Waals surface area contributed by atoms with Crippen molar-refractivity contribution in [2.75, 3.05) is 19.5 Å². The van der Waals surface area contributed by atoms with Crippen LogP contribution < -0.4 is 24.6 Å². The van der Waals surface area contributed by atoms with E-state index in [0.29, 0.717) is 22.9 Å². The van der Waals surface area contributed by atoms with Crippen LogP contribution in [-0.2, 0) is 4.79 Å². The van der Waals surface area contributed by atoms with E-state index in [1.165, 1.54) is 11.8 Å². The molecule has 1 N–H and O–H groups in total. The van der Waals surface area contributed by atoms with Gasteiger partial charge in [-0.15, -0.1) is 0 Å². The van der Waals surface area contributed by atoms with Crippen molar-refractivity contribution in [3.63, 3.8) is 0 Å². The molecule has 146 valence electrons. The number of rotatable bonds is 7. The molecule has 0 radical (unpaired) electrons. The smallest absolute Gasteiger partial charge is 0.298 e. The second-order valence-electron chi connectivity index (χ2n) is 5.73. The summed E-state index contributed by atoms with van der Waals surface area (Å²) >= 11 is 1.06. The highest BCUT2D eigenvalue weighted by molar-refractivity contribution is 8.00. The molecule has 0 saturated carbocycles. The summed E-state index contributed by atoms with van der Waals surface area (Å²) in [6.07, 6.45) is 0. The van der Waals surface area contributed by atoms with Gasteiger partial charge in [-0.25, -0.2) is 0 Å². The van der Waals surface area contributed by atoms with Crippen LogP contribution in [0.25, 0.3) is 5.69 Å². The van der Waals surface area contributed by atoms with Gasteiger partial charge in [-0.05, 0) is 35.5 Å². The zero-order valence-electron chi connectivity index (χ0n) is 15.5. The number of benzene rings is 2. The number of anilines is 1. The van der Waals surface area contributed by atoms with Gasteiger partial charge in [-0.2, -0.15) is 0 Å². The summed E-state index contributed by atoms with van der Waals surface area (Å²) in [6.45, 7) is 1.69. The largest absolute Gasteiger partial charge is 0.538 e. The normalized spacial score (nSPS) is 11.7. The van der Waals surface area contributed by atoms with Gasteiger partial charge in [0, 0.05) is 18.2 Å². The maximum Gasteiger partial charge on any atom is 0.298 e. The minimum atomic E-state index is -0.601. The Bertz CT molecular complexity index is 961. The van der Waals surface area contributed by atoms with E-state index in [-0.39, 0.29) is 10.9 Å².